The van der Waals surface area contributed by atoms with E-state index in [4.69, 9.17) is 5.10 Å². The summed E-state index contributed by atoms with van der Waals surface area (Å²) in [7, 11) is 2.02. The zero-order chi connectivity index (χ0) is 13.8. The molecule has 2 aromatic rings. The van der Waals surface area contributed by atoms with Crippen LogP contribution in [0.1, 0.15) is 55.0 Å². The molecular weight excluding hydrogens is 250 g/mol. The first kappa shape index (κ1) is 13.4. The van der Waals surface area contributed by atoms with E-state index in [1.165, 1.54) is 43.4 Å². The first-order chi connectivity index (χ1) is 9.83. The van der Waals surface area contributed by atoms with Crippen LogP contribution in [0.25, 0.3) is 0 Å². The van der Waals surface area contributed by atoms with Gasteiger partial charge in [-0.2, -0.15) is 10.2 Å². The average molecular weight is 273 g/mol. The largest absolute Gasteiger partial charge is 0.307 e. The smallest absolute Gasteiger partial charge is 0.0700 e. The van der Waals surface area contributed by atoms with E-state index in [1.54, 1.807) is 6.20 Å². The highest BCUT2D eigenvalue weighted by atomic mass is 15.3. The number of hydrogen-bond acceptors (Lipinski definition) is 3. The number of aromatic amines is 1. The van der Waals surface area contributed by atoms with Gasteiger partial charge in [-0.05, 0) is 18.9 Å². The highest BCUT2D eigenvalue weighted by Gasteiger charge is 2.21. The van der Waals surface area contributed by atoms with Crippen molar-refractivity contribution in [1.82, 2.24) is 25.3 Å². The van der Waals surface area contributed by atoms with Gasteiger partial charge in [0.15, 0.2) is 0 Å². The Bertz CT molecular complexity index is 522. The van der Waals surface area contributed by atoms with Crippen LogP contribution < -0.4 is 5.32 Å². The third kappa shape index (κ3) is 3.10. The normalized spacial score (nSPS) is 16.6. The van der Waals surface area contributed by atoms with Gasteiger partial charge in [-0.25, -0.2) is 0 Å². The molecule has 1 saturated carbocycles. The summed E-state index contributed by atoms with van der Waals surface area (Å²) in [6.07, 6.45) is 10.6. The minimum atomic E-state index is 0.661. The number of rotatable bonds is 5. The molecule has 2 heterocycles. The molecular formula is C15H23N5. The lowest BCUT2D eigenvalue weighted by Crippen LogP contribution is -2.15. The molecule has 1 aliphatic rings. The van der Waals surface area contributed by atoms with Gasteiger partial charge in [0.05, 0.1) is 5.69 Å². The third-order valence-corrected chi connectivity index (χ3v) is 4.12. The van der Waals surface area contributed by atoms with Crippen molar-refractivity contribution < 1.29 is 0 Å². The number of aryl methyl sites for hydroxylation is 1. The van der Waals surface area contributed by atoms with Gasteiger partial charge in [-0.15, -0.1) is 0 Å². The van der Waals surface area contributed by atoms with Crippen molar-refractivity contribution in [3.63, 3.8) is 0 Å². The molecule has 1 aliphatic carbocycles. The Morgan fingerprint density at radius 1 is 1.30 bits per heavy atom. The molecule has 5 nitrogen and oxygen atoms in total. The third-order valence-electron chi connectivity index (χ3n) is 4.12. The maximum Gasteiger partial charge on any atom is 0.0700 e. The van der Waals surface area contributed by atoms with Gasteiger partial charge in [0.1, 0.15) is 0 Å². The molecule has 108 valence electrons. The van der Waals surface area contributed by atoms with Crippen LogP contribution >= 0.6 is 0 Å². The summed E-state index contributed by atoms with van der Waals surface area (Å²) in [5.41, 5.74) is 3.77. The van der Waals surface area contributed by atoms with Gasteiger partial charge < -0.3 is 5.32 Å². The van der Waals surface area contributed by atoms with Crippen LogP contribution in [-0.2, 0) is 20.1 Å². The fraction of sp³-hybridized carbons (Fsp3) is 0.600. The van der Waals surface area contributed by atoms with E-state index in [9.17, 15) is 0 Å². The van der Waals surface area contributed by atoms with Crippen LogP contribution in [0, 0.1) is 0 Å². The van der Waals surface area contributed by atoms with Crippen molar-refractivity contribution in [2.75, 3.05) is 0 Å². The van der Waals surface area contributed by atoms with Crippen LogP contribution in [0.15, 0.2) is 18.5 Å². The topological polar surface area (TPSA) is 58.5 Å². The number of nitrogens with zero attached hydrogens (tertiary/aromatic N) is 3. The molecule has 0 aromatic carbocycles. The Labute approximate surface area is 119 Å². The molecule has 0 radical (unpaired) electrons. The molecule has 2 aromatic heterocycles. The molecule has 0 atom stereocenters. The number of nitrogens with one attached hydrogen (secondary N) is 2. The fourth-order valence-corrected chi connectivity index (χ4v) is 3.13. The van der Waals surface area contributed by atoms with Crippen molar-refractivity contribution in [2.45, 2.75) is 51.1 Å². The maximum atomic E-state index is 4.71. The summed E-state index contributed by atoms with van der Waals surface area (Å²) in [5, 5.41) is 15.1. The Morgan fingerprint density at radius 3 is 2.90 bits per heavy atom. The lowest BCUT2D eigenvalue weighted by Gasteiger charge is -2.21. The minimum absolute atomic E-state index is 0.661. The molecule has 0 unspecified atom stereocenters. The number of H-pyrrole nitrogens is 1. The first-order valence-corrected chi connectivity index (χ1v) is 7.54. The second-order valence-corrected chi connectivity index (χ2v) is 5.73. The lowest BCUT2D eigenvalue weighted by molar-refractivity contribution is 0.431. The SMILES string of the molecule is Cn1cc(CNCc2ccn[nH]2)c(C2CCCCC2)n1. The summed E-state index contributed by atoms with van der Waals surface area (Å²) in [5.74, 6) is 0.661. The molecule has 20 heavy (non-hydrogen) atoms. The van der Waals surface area contributed by atoms with Gasteiger partial charge >= 0.3 is 0 Å². The predicted molar refractivity (Wildman–Crippen MR) is 78.2 cm³/mol. The molecule has 3 rings (SSSR count). The van der Waals surface area contributed by atoms with E-state index in [-0.39, 0.29) is 0 Å². The minimum Gasteiger partial charge on any atom is -0.307 e. The molecule has 0 amide bonds. The van der Waals surface area contributed by atoms with Crippen molar-refractivity contribution >= 4 is 0 Å². The molecule has 2 N–H and O–H groups in total. The maximum absolute atomic E-state index is 4.71. The summed E-state index contributed by atoms with van der Waals surface area (Å²) in [6.45, 7) is 1.69. The van der Waals surface area contributed by atoms with Crippen molar-refractivity contribution in [3.8, 4) is 0 Å². The zero-order valence-corrected chi connectivity index (χ0v) is 12.1. The van der Waals surface area contributed by atoms with Gasteiger partial charge in [0.2, 0.25) is 0 Å². The Kier molecular flexibility index (Phi) is 4.16. The Balaban J connectivity index is 1.63. The molecule has 5 heteroatoms. The Hall–Kier alpha value is -1.62. The molecule has 1 fully saturated rings. The molecule has 0 spiro atoms. The van der Waals surface area contributed by atoms with E-state index >= 15 is 0 Å². The van der Waals surface area contributed by atoms with Crippen LogP contribution in [0.2, 0.25) is 0 Å². The summed E-state index contributed by atoms with van der Waals surface area (Å²) in [4.78, 5) is 0. The standard InChI is InChI=1S/C15H23N5/c1-20-11-13(9-16-10-14-7-8-17-18-14)15(19-20)12-5-3-2-4-6-12/h7-8,11-12,16H,2-6,9-10H2,1H3,(H,17,18). The first-order valence-electron chi connectivity index (χ1n) is 7.54. The van der Waals surface area contributed by atoms with Gasteiger partial charge in [0.25, 0.3) is 0 Å². The quantitative estimate of drug-likeness (QED) is 0.880. The second kappa shape index (κ2) is 6.22. The summed E-state index contributed by atoms with van der Waals surface area (Å²) >= 11 is 0. The second-order valence-electron chi connectivity index (χ2n) is 5.73. The van der Waals surface area contributed by atoms with Gasteiger partial charge in [-0.1, -0.05) is 19.3 Å². The van der Waals surface area contributed by atoms with Crippen LogP contribution in [0.5, 0.6) is 0 Å². The highest BCUT2D eigenvalue weighted by Crippen LogP contribution is 2.33. The summed E-state index contributed by atoms with van der Waals surface area (Å²) < 4.78 is 1.96. The molecule has 0 bridgehead atoms. The van der Waals surface area contributed by atoms with E-state index in [2.05, 4.69) is 21.7 Å². The summed E-state index contributed by atoms with van der Waals surface area (Å²) in [6, 6.07) is 2.00. The zero-order valence-electron chi connectivity index (χ0n) is 12.1. The van der Waals surface area contributed by atoms with Crippen LogP contribution in [-0.4, -0.2) is 20.0 Å². The van der Waals surface area contributed by atoms with Crippen LogP contribution in [0.3, 0.4) is 0 Å². The van der Waals surface area contributed by atoms with E-state index in [0.29, 0.717) is 5.92 Å². The van der Waals surface area contributed by atoms with Gasteiger partial charge in [-0.3, -0.25) is 9.78 Å². The Morgan fingerprint density at radius 2 is 2.15 bits per heavy atom. The average Bonchev–Trinajstić information content (AvgIpc) is 3.10. The van der Waals surface area contributed by atoms with Crippen molar-refractivity contribution in [2.24, 2.45) is 7.05 Å². The van der Waals surface area contributed by atoms with E-state index < -0.39 is 0 Å². The monoisotopic (exact) mass is 273 g/mol. The van der Waals surface area contributed by atoms with Crippen molar-refractivity contribution in [3.05, 3.63) is 35.4 Å². The van der Waals surface area contributed by atoms with Gasteiger partial charge in [0, 0.05) is 49.7 Å². The number of aromatic nitrogens is 4. The van der Waals surface area contributed by atoms with E-state index in [1.807, 2.05) is 17.8 Å². The highest BCUT2D eigenvalue weighted by molar-refractivity contribution is 5.21. The number of hydrogen-bond donors (Lipinski definition) is 2. The van der Waals surface area contributed by atoms with E-state index in [0.717, 1.165) is 18.8 Å². The molecule has 0 saturated heterocycles. The lowest BCUT2D eigenvalue weighted by atomic mass is 9.85. The van der Waals surface area contributed by atoms with Crippen molar-refractivity contribution in [1.29, 1.82) is 0 Å². The predicted octanol–water partition coefficient (Wildman–Crippen LogP) is 2.48. The van der Waals surface area contributed by atoms with Crippen LogP contribution in [0.4, 0.5) is 0 Å². The molecule has 0 aliphatic heterocycles. The fourth-order valence-electron chi connectivity index (χ4n) is 3.13.